The van der Waals surface area contributed by atoms with E-state index in [-0.39, 0.29) is 18.9 Å². The van der Waals surface area contributed by atoms with Gasteiger partial charge in [0, 0.05) is 0 Å². The maximum Gasteiger partial charge on any atom is 0.343 e. The van der Waals surface area contributed by atoms with Gasteiger partial charge >= 0.3 is 5.97 Å². The second-order valence-corrected chi connectivity index (χ2v) is 5.84. The van der Waals surface area contributed by atoms with E-state index in [9.17, 15) is 9.59 Å². The molecular formula is C20H22N2O4. The standard InChI is InChI=1S/C20H22N2O4/c1-14-7-8-17(15(2)9-14)11-19(23)22-21-12-16-5-4-6-18(10-16)26-13-20(24)25-3/h4-10,12H,11,13H2,1-3H3,(H,22,23)/b21-12+. The number of rotatable bonds is 7. The predicted molar refractivity (Wildman–Crippen MR) is 99.3 cm³/mol. The van der Waals surface area contributed by atoms with Crippen molar-refractivity contribution >= 4 is 18.1 Å². The van der Waals surface area contributed by atoms with Gasteiger partial charge in [-0.3, -0.25) is 4.79 Å². The van der Waals surface area contributed by atoms with E-state index in [4.69, 9.17) is 4.74 Å². The van der Waals surface area contributed by atoms with Gasteiger partial charge in [0.25, 0.3) is 0 Å². The van der Waals surface area contributed by atoms with Gasteiger partial charge in [-0.1, -0.05) is 35.9 Å². The number of benzene rings is 2. The highest BCUT2D eigenvalue weighted by Gasteiger charge is 2.05. The third-order valence-corrected chi connectivity index (χ3v) is 3.69. The molecule has 6 heteroatoms. The van der Waals surface area contributed by atoms with Gasteiger partial charge in [-0.25, -0.2) is 10.2 Å². The van der Waals surface area contributed by atoms with Gasteiger partial charge in [-0.05, 0) is 42.7 Å². The van der Waals surface area contributed by atoms with Gasteiger partial charge < -0.3 is 9.47 Å². The molecule has 2 aromatic rings. The number of nitrogens with zero attached hydrogens (tertiary/aromatic N) is 1. The molecule has 0 aliphatic heterocycles. The highest BCUT2D eigenvalue weighted by atomic mass is 16.6. The first kappa shape index (κ1) is 19.2. The van der Waals surface area contributed by atoms with Crippen molar-refractivity contribution in [2.45, 2.75) is 20.3 Å². The molecule has 0 aliphatic rings. The fraction of sp³-hybridized carbons (Fsp3) is 0.250. The number of nitrogens with one attached hydrogen (secondary N) is 1. The molecular weight excluding hydrogens is 332 g/mol. The summed E-state index contributed by atoms with van der Waals surface area (Å²) in [6.07, 6.45) is 1.79. The van der Waals surface area contributed by atoms with Crippen LogP contribution in [0.4, 0.5) is 0 Å². The number of methoxy groups -OCH3 is 1. The number of ether oxygens (including phenoxy) is 2. The van der Waals surface area contributed by atoms with Crippen molar-refractivity contribution in [1.82, 2.24) is 5.43 Å². The molecule has 2 rings (SSSR count). The van der Waals surface area contributed by atoms with E-state index in [0.717, 1.165) is 16.7 Å². The Kier molecular flexibility index (Phi) is 6.91. The van der Waals surface area contributed by atoms with Crippen molar-refractivity contribution in [3.8, 4) is 5.75 Å². The minimum atomic E-state index is -0.456. The van der Waals surface area contributed by atoms with Crippen LogP contribution in [0.5, 0.6) is 5.75 Å². The number of hydrogen-bond donors (Lipinski definition) is 1. The maximum atomic E-state index is 12.0. The number of aryl methyl sites for hydroxylation is 2. The highest BCUT2D eigenvalue weighted by Crippen LogP contribution is 2.12. The lowest BCUT2D eigenvalue weighted by Crippen LogP contribution is -2.20. The summed E-state index contributed by atoms with van der Waals surface area (Å²) in [6.45, 7) is 3.84. The summed E-state index contributed by atoms with van der Waals surface area (Å²) in [5.41, 5.74) is 6.47. The summed E-state index contributed by atoms with van der Waals surface area (Å²) in [5.74, 6) is -0.130. The Hall–Kier alpha value is -3.15. The fourth-order valence-corrected chi connectivity index (χ4v) is 2.32. The zero-order chi connectivity index (χ0) is 18.9. The molecule has 0 heterocycles. The van der Waals surface area contributed by atoms with Crippen LogP contribution in [0.25, 0.3) is 0 Å². The zero-order valence-electron chi connectivity index (χ0n) is 15.1. The van der Waals surface area contributed by atoms with E-state index in [1.54, 1.807) is 18.2 Å². The molecule has 0 aliphatic carbocycles. The van der Waals surface area contributed by atoms with Crippen LogP contribution in [-0.2, 0) is 20.7 Å². The third-order valence-electron chi connectivity index (χ3n) is 3.69. The first-order valence-electron chi connectivity index (χ1n) is 8.15. The largest absolute Gasteiger partial charge is 0.482 e. The SMILES string of the molecule is COC(=O)COc1cccc(/C=N/NC(=O)Cc2ccc(C)cc2C)c1. The summed E-state index contributed by atoms with van der Waals surface area (Å²) < 4.78 is 9.82. The molecule has 0 saturated heterocycles. The maximum absolute atomic E-state index is 12.0. The lowest BCUT2D eigenvalue weighted by atomic mass is 10.0. The number of hydrazone groups is 1. The Bertz CT molecular complexity index is 815. The lowest BCUT2D eigenvalue weighted by molar-refractivity contribution is -0.142. The zero-order valence-corrected chi connectivity index (χ0v) is 15.1. The molecule has 26 heavy (non-hydrogen) atoms. The molecule has 0 aromatic heterocycles. The molecule has 1 N–H and O–H groups in total. The van der Waals surface area contributed by atoms with Gasteiger partial charge in [-0.15, -0.1) is 0 Å². The molecule has 0 unspecified atom stereocenters. The summed E-state index contributed by atoms with van der Waals surface area (Å²) in [7, 11) is 1.30. The quantitative estimate of drug-likeness (QED) is 0.471. The Balaban J connectivity index is 1.89. The second-order valence-electron chi connectivity index (χ2n) is 5.84. The van der Waals surface area contributed by atoms with Gasteiger partial charge in [0.1, 0.15) is 5.75 Å². The van der Waals surface area contributed by atoms with Crippen LogP contribution >= 0.6 is 0 Å². The molecule has 0 spiro atoms. The van der Waals surface area contributed by atoms with Crippen LogP contribution in [-0.4, -0.2) is 31.8 Å². The van der Waals surface area contributed by atoms with E-state index in [2.05, 4.69) is 15.3 Å². The first-order valence-corrected chi connectivity index (χ1v) is 8.15. The van der Waals surface area contributed by atoms with Crippen LogP contribution < -0.4 is 10.2 Å². The molecule has 6 nitrogen and oxygen atoms in total. The minimum absolute atomic E-state index is 0.163. The van der Waals surface area contributed by atoms with Crippen molar-refractivity contribution in [2.75, 3.05) is 13.7 Å². The molecule has 0 saturated carbocycles. The van der Waals surface area contributed by atoms with E-state index < -0.39 is 5.97 Å². The van der Waals surface area contributed by atoms with Crippen molar-refractivity contribution in [1.29, 1.82) is 0 Å². The molecule has 1 amide bonds. The number of hydrogen-bond acceptors (Lipinski definition) is 5. The molecule has 0 radical (unpaired) electrons. The summed E-state index contributed by atoms with van der Waals surface area (Å²) in [5, 5.41) is 3.97. The van der Waals surface area contributed by atoms with Crippen molar-refractivity contribution in [3.63, 3.8) is 0 Å². The number of carbonyl (C=O) groups is 2. The van der Waals surface area contributed by atoms with Crippen LogP contribution in [0.2, 0.25) is 0 Å². The van der Waals surface area contributed by atoms with Gasteiger partial charge in [0.2, 0.25) is 5.91 Å². The van der Waals surface area contributed by atoms with Crippen molar-refractivity contribution < 1.29 is 19.1 Å². The molecule has 136 valence electrons. The summed E-state index contributed by atoms with van der Waals surface area (Å²) in [4.78, 5) is 23.1. The number of carbonyl (C=O) groups excluding carboxylic acids is 2. The normalized spacial score (nSPS) is 10.6. The molecule has 2 aromatic carbocycles. The van der Waals surface area contributed by atoms with Crippen LogP contribution in [0.1, 0.15) is 22.3 Å². The van der Waals surface area contributed by atoms with Crippen molar-refractivity contribution in [2.24, 2.45) is 5.10 Å². The van der Waals surface area contributed by atoms with Gasteiger partial charge in [-0.2, -0.15) is 5.10 Å². The predicted octanol–water partition coefficient (Wildman–Crippen LogP) is 2.55. The third kappa shape index (κ3) is 6.05. The van der Waals surface area contributed by atoms with E-state index >= 15 is 0 Å². The molecule has 0 atom stereocenters. The Morgan fingerprint density at radius 3 is 2.69 bits per heavy atom. The number of esters is 1. The topological polar surface area (TPSA) is 77.0 Å². The monoisotopic (exact) mass is 354 g/mol. The highest BCUT2D eigenvalue weighted by molar-refractivity contribution is 5.83. The lowest BCUT2D eigenvalue weighted by Gasteiger charge is -2.06. The van der Waals surface area contributed by atoms with Gasteiger partial charge in [0.05, 0.1) is 19.7 Å². The van der Waals surface area contributed by atoms with Crippen molar-refractivity contribution in [3.05, 3.63) is 64.7 Å². The van der Waals surface area contributed by atoms with E-state index in [0.29, 0.717) is 5.75 Å². The minimum Gasteiger partial charge on any atom is -0.482 e. The van der Waals surface area contributed by atoms with Gasteiger partial charge in [0.15, 0.2) is 6.61 Å². The number of amides is 1. The average molecular weight is 354 g/mol. The average Bonchev–Trinajstić information content (AvgIpc) is 2.62. The second kappa shape index (κ2) is 9.36. The van der Waals surface area contributed by atoms with Crippen LogP contribution in [0.15, 0.2) is 47.6 Å². The van der Waals surface area contributed by atoms with E-state index in [1.165, 1.54) is 18.9 Å². The van der Waals surface area contributed by atoms with Crippen LogP contribution in [0.3, 0.4) is 0 Å². The molecule has 0 fully saturated rings. The first-order chi connectivity index (χ1) is 12.5. The Labute approximate surface area is 152 Å². The fourth-order valence-electron chi connectivity index (χ4n) is 2.32. The Morgan fingerprint density at radius 1 is 1.15 bits per heavy atom. The van der Waals surface area contributed by atoms with Crippen LogP contribution in [0, 0.1) is 13.8 Å². The molecule has 0 bridgehead atoms. The summed E-state index contributed by atoms with van der Waals surface area (Å²) >= 11 is 0. The summed E-state index contributed by atoms with van der Waals surface area (Å²) in [6, 6.07) is 13.0. The Morgan fingerprint density at radius 2 is 1.96 bits per heavy atom. The van der Waals surface area contributed by atoms with E-state index in [1.807, 2.05) is 38.1 Å². The smallest absolute Gasteiger partial charge is 0.343 e.